The Bertz CT molecular complexity index is 1080. The van der Waals surface area contributed by atoms with Crippen LogP contribution >= 0.6 is 11.3 Å². The molecule has 1 fully saturated rings. The minimum atomic E-state index is -0.207. The standard InChI is InChI=1S/C21H19FN4OS/c22-17-6-3-15(4-7-17)12-25-9-10-27-19(14-25)21-18-8-5-16(13-26(18)24-23-21)20-2-1-11-28-20/h1-8,11,13,19H,9-10,12,14H2/t19-/m0/s1. The van der Waals surface area contributed by atoms with Gasteiger partial charge in [0.25, 0.3) is 0 Å². The van der Waals surface area contributed by atoms with E-state index >= 15 is 0 Å². The Labute approximate surface area is 166 Å². The summed E-state index contributed by atoms with van der Waals surface area (Å²) in [5.74, 6) is -0.207. The SMILES string of the molecule is Fc1ccc(CN2CCO[C@H](c3nnn4cc(-c5cccs5)ccc34)C2)cc1. The Hall–Kier alpha value is -2.61. The van der Waals surface area contributed by atoms with E-state index in [1.165, 1.54) is 17.0 Å². The Kier molecular flexibility index (Phi) is 4.64. The second-order valence-corrected chi connectivity index (χ2v) is 7.87. The topological polar surface area (TPSA) is 42.7 Å². The molecule has 0 saturated carbocycles. The fraction of sp³-hybridized carbons (Fsp3) is 0.238. The van der Waals surface area contributed by atoms with E-state index in [1.807, 2.05) is 28.9 Å². The number of fused-ring (bicyclic) bond motifs is 1. The minimum Gasteiger partial charge on any atom is -0.369 e. The van der Waals surface area contributed by atoms with Crippen molar-refractivity contribution in [2.75, 3.05) is 19.7 Å². The van der Waals surface area contributed by atoms with Crippen LogP contribution in [0.1, 0.15) is 17.4 Å². The summed E-state index contributed by atoms with van der Waals surface area (Å²) in [5.41, 5.74) is 4.05. The number of halogens is 1. The van der Waals surface area contributed by atoms with Crippen molar-refractivity contribution in [1.29, 1.82) is 0 Å². The van der Waals surface area contributed by atoms with Crippen molar-refractivity contribution >= 4 is 16.9 Å². The van der Waals surface area contributed by atoms with E-state index in [-0.39, 0.29) is 11.9 Å². The molecule has 1 aliphatic heterocycles. The van der Waals surface area contributed by atoms with Crippen LogP contribution in [0.4, 0.5) is 4.39 Å². The second kappa shape index (κ2) is 7.43. The summed E-state index contributed by atoms with van der Waals surface area (Å²) in [6.07, 6.45) is 1.89. The van der Waals surface area contributed by atoms with Crippen molar-refractivity contribution in [1.82, 2.24) is 19.7 Å². The van der Waals surface area contributed by atoms with Gasteiger partial charge < -0.3 is 4.74 Å². The molecule has 1 aliphatic rings. The summed E-state index contributed by atoms with van der Waals surface area (Å²) in [4.78, 5) is 3.52. The summed E-state index contributed by atoms with van der Waals surface area (Å²) < 4.78 is 21.0. The highest BCUT2D eigenvalue weighted by atomic mass is 32.1. The Morgan fingerprint density at radius 1 is 1.14 bits per heavy atom. The Morgan fingerprint density at radius 3 is 2.86 bits per heavy atom. The monoisotopic (exact) mass is 394 g/mol. The summed E-state index contributed by atoms with van der Waals surface area (Å²) in [6, 6.07) is 15.0. The highest BCUT2D eigenvalue weighted by Gasteiger charge is 2.26. The number of nitrogens with zero attached hydrogens (tertiary/aromatic N) is 4. The van der Waals surface area contributed by atoms with Gasteiger partial charge in [-0.1, -0.05) is 23.4 Å². The maximum atomic E-state index is 13.1. The molecule has 7 heteroatoms. The van der Waals surface area contributed by atoms with E-state index in [1.54, 1.807) is 11.3 Å². The third-order valence-electron chi connectivity index (χ3n) is 5.02. The molecule has 5 nitrogen and oxygen atoms in total. The predicted octanol–water partition coefficient (Wildman–Crippen LogP) is 4.17. The minimum absolute atomic E-state index is 0.126. The summed E-state index contributed by atoms with van der Waals surface area (Å²) >= 11 is 1.71. The van der Waals surface area contributed by atoms with Crippen LogP contribution in [0.3, 0.4) is 0 Å². The number of ether oxygens (including phenoxy) is 1. The number of pyridine rings is 1. The van der Waals surface area contributed by atoms with Gasteiger partial charge in [0, 0.05) is 36.3 Å². The van der Waals surface area contributed by atoms with Crippen LogP contribution in [0.25, 0.3) is 16.0 Å². The molecule has 28 heavy (non-hydrogen) atoms. The van der Waals surface area contributed by atoms with E-state index in [2.05, 4.69) is 38.8 Å². The molecule has 142 valence electrons. The van der Waals surface area contributed by atoms with E-state index < -0.39 is 0 Å². The molecule has 1 aromatic carbocycles. The maximum Gasteiger partial charge on any atom is 0.123 e. The van der Waals surface area contributed by atoms with E-state index in [0.29, 0.717) is 6.61 Å². The highest BCUT2D eigenvalue weighted by molar-refractivity contribution is 7.13. The van der Waals surface area contributed by atoms with Gasteiger partial charge in [0.05, 0.1) is 12.1 Å². The zero-order chi connectivity index (χ0) is 18.9. The predicted molar refractivity (Wildman–Crippen MR) is 107 cm³/mol. The zero-order valence-corrected chi connectivity index (χ0v) is 16.0. The van der Waals surface area contributed by atoms with Gasteiger partial charge in [-0.3, -0.25) is 4.90 Å². The molecular formula is C21H19FN4OS. The van der Waals surface area contributed by atoms with Crippen LogP contribution in [0, 0.1) is 5.82 Å². The van der Waals surface area contributed by atoms with E-state index in [0.717, 1.165) is 42.0 Å². The average molecular weight is 394 g/mol. The lowest BCUT2D eigenvalue weighted by atomic mass is 10.1. The fourth-order valence-electron chi connectivity index (χ4n) is 3.59. The van der Waals surface area contributed by atoms with Crippen LogP contribution in [0.5, 0.6) is 0 Å². The van der Waals surface area contributed by atoms with Crippen LogP contribution in [0.2, 0.25) is 0 Å². The first-order valence-electron chi connectivity index (χ1n) is 9.23. The van der Waals surface area contributed by atoms with Crippen LogP contribution in [-0.2, 0) is 11.3 Å². The van der Waals surface area contributed by atoms with Gasteiger partial charge in [-0.2, -0.15) is 0 Å². The first-order valence-corrected chi connectivity index (χ1v) is 10.1. The molecule has 1 saturated heterocycles. The van der Waals surface area contributed by atoms with Gasteiger partial charge >= 0.3 is 0 Å². The lowest BCUT2D eigenvalue weighted by Crippen LogP contribution is -2.38. The number of benzene rings is 1. The van der Waals surface area contributed by atoms with E-state index in [9.17, 15) is 4.39 Å². The van der Waals surface area contributed by atoms with Gasteiger partial charge in [0.1, 0.15) is 17.6 Å². The van der Waals surface area contributed by atoms with Gasteiger partial charge in [-0.05, 0) is 41.3 Å². The first-order chi connectivity index (χ1) is 13.8. The first kappa shape index (κ1) is 17.5. The maximum absolute atomic E-state index is 13.1. The molecule has 0 spiro atoms. The highest BCUT2D eigenvalue weighted by Crippen LogP contribution is 2.28. The number of morpholine rings is 1. The molecule has 0 bridgehead atoms. The van der Waals surface area contributed by atoms with Crippen molar-refractivity contribution in [3.8, 4) is 10.4 Å². The molecule has 0 amide bonds. The average Bonchev–Trinajstić information content (AvgIpc) is 3.39. The smallest absolute Gasteiger partial charge is 0.123 e. The molecule has 5 rings (SSSR count). The number of rotatable bonds is 4. The molecule has 0 aliphatic carbocycles. The molecular weight excluding hydrogens is 375 g/mol. The van der Waals surface area contributed by atoms with Crippen molar-refractivity contribution in [2.45, 2.75) is 12.6 Å². The van der Waals surface area contributed by atoms with E-state index in [4.69, 9.17) is 4.74 Å². The molecule has 1 atom stereocenters. The van der Waals surface area contributed by atoms with Gasteiger partial charge in [-0.25, -0.2) is 8.91 Å². The van der Waals surface area contributed by atoms with Gasteiger partial charge in [0.2, 0.25) is 0 Å². The second-order valence-electron chi connectivity index (χ2n) is 6.92. The third-order valence-corrected chi connectivity index (χ3v) is 5.94. The Balaban J connectivity index is 1.36. The number of hydrogen-bond donors (Lipinski definition) is 0. The zero-order valence-electron chi connectivity index (χ0n) is 15.2. The number of thiophene rings is 1. The molecule has 4 heterocycles. The number of hydrogen-bond acceptors (Lipinski definition) is 5. The molecule has 0 N–H and O–H groups in total. The Morgan fingerprint density at radius 2 is 2.04 bits per heavy atom. The normalized spacial score (nSPS) is 18.0. The lowest BCUT2D eigenvalue weighted by molar-refractivity contribution is -0.0343. The molecule has 0 unspecified atom stereocenters. The molecule has 3 aromatic heterocycles. The van der Waals surface area contributed by atoms with Gasteiger partial charge in [-0.15, -0.1) is 16.4 Å². The summed E-state index contributed by atoms with van der Waals surface area (Å²) in [7, 11) is 0. The largest absolute Gasteiger partial charge is 0.369 e. The van der Waals surface area contributed by atoms with Gasteiger partial charge in [0.15, 0.2) is 0 Å². The van der Waals surface area contributed by atoms with Crippen molar-refractivity contribution in [3.63, 3.8) is 0 Å². The van der Waals surface area contributed by atoms with Crippen molar-refractivity contribution in [3.05, 3.63) is 77.2 Å². The summed E-state index contributed by atoms with van der Waals surface area (Å²) in [6.45, 7) is 2.98. The lowest BCUT2D eigenvalue weighted by Gasteiger charge is -2.32. The molecule has 0 radical (unpaired) electrons. The quantitative estimate of drug-likeness (QED) is 0.521. The van der Waals surface area contributed by atoms with Crippen molar-refractivity contribution < 1.29 is 9.13 Å². The van der Waals surface area contributed by atoms with Crippen LogP contribution in [-0.4, -0.2) is 39.4 Å². The van der Waals surface area contributed by atoms with Crippen molar-refractivity contribution in [2.24, 2.45) is 0 Å². The van der Waals surface area contributed by atoms with Crippen LogP contribution < -0.4 is 0 Å². The number of aromatic nitrogens is 3. The fourth-order valence-corrected chi connectivity index (χ4v) is 4.31. The summed E-state index contributed by atoms with van der Waals surface area (Å²) in [5, 5.41) is 10.8. The van der Waals surface area contributed by atoms with Crippen LogP contribution in [0.15, 0.2) is 60.1 Å². The molecule has 4 aromatic rings. The third kappa shape index (κ3) is 3.44.